The number of carbonyl (C=O) groups excluding carboxylic acids is 1. The minimum Gasteiger partial charge on any atom is -0.478 e. The minimum atomic E-state index is -0.942. The van der Waals surface area contributed by atoms with E-state index in [1.807, 2.05) is 35.3 Å². The van der Waals surface area contributed by atoms with Crippen LogP contribution in [0, 0.1) is 5.92 Å². The molecule has 1 amide bonds. The number of aromatic carboxylic acids is 1. The maximum atomic E-state index is 12.3. The van der Waals surface area contributed by atoms with Crippen molar-refractivity contribution in [1.82, 2.24) is 4.90 Å². The van der Waals surface area contributed by atoms with Gasteiger partial charge in [-0.1, -0.05) is 61.5 Å². The zero-order chi connectivity index (χ0) is 22.2. The van der Waals surface area contributed by atoms with Crippen molar-refractivity contribution in [2.75, 3.05) is 6.54 Å². The SMILES string of the molecule is C[C@@H](CCc1ccccc1)[C@H](O)/C=C/[C@H]1CCC(=O)N1CCc1ccc(C(=O)O)cc1. The molecular weight excluding hydrogens is 390 g/mol. The molecule has 1 heterocycles. The first kappa shape index (κ1) is 22.8. The van der Waals surface area contributed by atoms with Crippen molar-refractivity contribution in [3.05, 3.63) is 83.4 Å². The largest absolute Gasteiger partial charge is 0.478 e. The molecule has 3 rings (SSSR count). The fourth-order valence-corrected chi connectivity index (χ4v) is 3.95. The van der Waals surface area contributed by atoms with Gasteiger partial charge in [0.25, 0.3) is 0 Å². The molecule has 2 N–H and O–H groups in total. The quantitative estimate of drug-likeness (QED) is 0.566. The van der Waals surface area contributed by atoms with Gasteiger partial charge in [0, 0.05) is 13.0 Å². The summed E-state index contributed by atoms with van der Waals surface area (Å²) < 4.78 is 0. The fourth-order valence-electron chi connectivity index (χ4n) is 3.95. The summed E-state index contributed by atoms with van der Waals surface area (Å²) in [4.78, 5) is 25.2. The lowest BCUT2D eigenvalue weighted by Crippen LogP contribution is -2.34. The Hall–Kier alpha value is -2.92. The first-order chi connectivity index (χ1) is 14.9. The number of rotatable bonds is 10. The van der Waals surface area contributed by atoms with Gasteiger partial charge in [0.15, 0.2) is 0 Å². The van der Waals surface area contributed by atoms with Crippen LogP contribution in [0.15, 0.2) is 66.7 Å². The molecule has 2 aromatic carbocycles. The van der Waals surface area contributed by atoms with E-state index in [0.29, 0.717) is 19.4 Å². The van der Waals surface area contributed by atoms with Crippen molar-refractivity contribution in [2.45, 2.75) is 51.2 Å². The summed E-state index contributed by atoms with van der Waals surface area (Å²) in [6, 6.07) is 17.1. The van der Waals surface area contributed by atoms with Crippen LogP contribution in [0.4, 0.5) is 0 Å². The van der Waals surface area contributed by atoms with Gasteiger partial charge in [0.1, 0.15) is 0 Å². The van der Waals surface area contributed by atoms with Crippen LogP contribution in [0.25, 0.3) is 0 Å². The topological polar surface area (TPSA) is 77.8 Å². The number of likely N-dealkylation sites (tertiary alicyclic amines) is 1. The maximum absolute atomic E-state index is 12.3. The number of amides is 1. The second-order valence-electron chi connectivity index (χ2n) is 8.32. The Labute approximate surface area is 184 Å². The molecule has 0 aliphatic carbocycles. The molecule has 5 nitrogen and oxygen atoms in total. The number of hydrogen-bond acceptors (Lipinski definition) is 3. The number of aliphatic hydroxyl groups excluding tert-OH is 1. The normalized spacial score (nSPS) is 18.5. The molecule has 1 fully saturated rings. The molecule has 0 radical (unpaired) electrons. The van der Waals surface area contributed by atoms with Gasteiger partial charge >= 0.3 is 5.97 Å². The number of nitrogens with zero attached hydrogens (tertiary/aromatic N) is 1. The lowest BCUT2D eigenvalue weighted by molar-refractivity contribution is -0.128. The Morgan fingerprint density at radius 1 is 1.10 bits per heavy atom. The highest BCUT2D eigenvalue weighted by Crippen LogP contribution is 2.22. The minimum absolute atomic E-state index is 0.00164. The predicted octanol–water partition coefficient (Wildman–Crippen LogP) is 4.10. The van der Waals surface area contributed by atoms with Gasteiger partial charge in [0.05, 0.1) is 17.7 Å². The Kier molecular flexibility index (Phi) is 8.01. The smallest absolute Gasteiger partial charge is 0.335 e. The Balaban J connectivity index is 1.51. The standard InChI is InChI=1S/C26H31NO4/c1-19(7-8-20-5-3-2-4-6-20)24(28)15-13-23-14-16-25(29)27(23)18-17-21-9-11-22(12-10-21)26(30)31/h2-6,9-13,15,19,23-24,28H,7-8,14,16-18H2,1H3,(H,30,31)/b15-13+/t19-,23-,24+/m0/s1. The molecule has 3 atom stereocenters. The molecule has 0 bridgehead atoms. The van der Waals surface area contributed by atoms with Crippen molar-refractivity contribution in [2.24, 2.45) is 5.92 Å². The number of carboxylic acid groups (broad SMARTS) is 1. The molecule has 31 heavy (non-hydrogen) atoms. The van der Waals surface area contributed by atoms with Crippen molar-refractivity contribution >= 4 is 11.9 Å². The van der Waals surface area contributed by atoms with Gasteiger partial charge in [-0.15, -0.1) is 0 Å². The van der Waals surface area contributed by atoms with E-state index in [2.05, 4.69) is 19.1 Å². The highest BCUT2D eigenvalue weighted by atomic mass is 16.4. The molecule has 0 aromatic heterocycles. The average Bonchev–Trinajstić information content (AvgIpc) is 3.14. The lowest BCUT2D eigenvalue weighted by atomic mass is 9.95. The second-order valence-corrected chi connectivity index (χ2v) is 8.32. The van der Waals surface area contributed by atoms with Crippen LogP contribution in [0.5, 0.6) is 0 Å². The van der Waals surface area contributed by atoms with Gasteiger partial charge in [-0.25, -0.2) is 4.79 Å². The average molecular weight is 422 g/mol. The van der Waals surface area contributed by atoms with E-state index in [1.165, 1.54) is 5.56 Å². The monoisotopic (exact) mass is 421 g/mol. The molecule has 0 saturated carbocycles. The van der Waals surface area contributed by atoms with E-state index in [-0.39, 0.29) is 23.4 Å². The molecule has 1 aliphatic rings. The number of benzene rings is 2. The van der Waals surface area contributed by atoms with E-state index >= 15 is 0 Å². The summed E-state index contributed by atoms with van der Waals surface area (Å²) in [6.45, 7) is 2.64. The van der Waals surface area contributed by atoms with Crippen molar-refractivity contribution in [3.63, 3.8) is 0 Å². The van der Waals surface area contributed by atoms with E-state index in [9.17, 15) is 14.7 Å². The molecule has 5 heteroatoms. The molecule has 164 valence electrons. The number of aryl methyl sites for hydroxylation is 1. The van der Waals surface area contributed by atoms with Crippen LogP contribution in [0.3, 0.4) is 0 Å². The van der Waals surface area contributed by atoms with Crippen molar-refractivity contribution in [3.8, 4) is 0 Å². The third-order valence-corrected chi connectivity index (χ3v) is 6.06. The predicted molar refractivity (Wildman–Crippen MR) is 121 cm³/mol. The molecule has 1 saturated heterocycles. The Bertz CT molecular complexity index is 891. The lowest BCUT2D eigenvalue weighted by Gasteiger charge is -2.23. The summed E-state index contributed by atoms with van der Waals surface area (Å²) in [6.07, 6.45) is 7.06. The van der Waals surface area contributed by atoms with Crippen LogP contribution in [-0.4, -0.2) is 45.7 Å². The summed E-state index contributed by atoms with van der Waals surface area (Å²) in [5.74, 6) is -0.679. The Morgan fingerprint density at radius 3 is 2.45 bits per heavy atom. The molecule has 0 spiro atoms. The number of carboxylic acids is 1. The molecular formula is C26H31NO4. The third kappa shape index (κ3) is 6.53. The molecule has 2 aromatic rings. The fraction of sp³-hybridized carbons (Fsp3) is 0.385. The number of aliphatic hydroxyl groups is 1. The van der Waals surface area contributed by atoms with E-state index in [0.717, 1.165) is 24.8 Å². The van der Waals surface area contributed by atoms with Gasteiger partial charge in [-0.05, 0) is 54.9 Å². The van der Waals surface area contributed by atoms with Crippen molar-refractivity contribution in [1.29, 1.82) is 0 Å². The van der Waals surface area contributed by atoms with E-state index in [4.69, 9.17) is 5.11 Å². The van der Waals surface area contributed by atoms with Crippen LogP contribution >= 0.6 is 0 Å². The van der Waals surface area contributed by atoms with Crippen LogP contribution < -0.4 is 0 Å². The van der Waals surface area contributed by atoms with E-state index in [1.54, 1.807) is 24.3 Å². The van der Waals surface area contributed by atoms with Gasteiger partial charge in [0.2, 0.25) is 5.91 Å². The highest BCUT2D eigenvalue weighted by molar-refractivity contribution is 5.87. The third-order valence-electron chi connectivity index (χ3n) is 6.06. The summed E-state index contributed by atoms with van der Waals surface area (Å²) in [5.41, 5.74) is 2.54. The summed E-state index contributed by atoms with van der Waals surface area (Å²) in [7, 11) is 0. The molecule has 1 aliphatic heterocycles. The van der Waals surface area contributed by atoms with Gasteiger partial charge < -0.3 is 15.1 Å². The van der Waals surface area contributed by atoms with E-state index < -0.39 is 12.1 Å². The van der Waals surface area contributed by atoms with Gasteiger partial charge in [-0.3, -0.25) is 4.79 Å². The van der Waals surface area contributed by atoms with Crippen molar-refractivity contribution < 1.29 is 19.8 Å². The second kappa shape index (κ2) is 10.9. The first-order valence-electron chi connectivity index (χ1n) is 11.0. The zero-order valence-corrected chi connectivity index (χ0v) is 18.0. The first-order valence-corrected chi connectivity index (χ1v) is 11.0. The van der Waals surface area contributed by atoms with Crippen LogP contribution in [0.1, 0.15) is 47.7 Å². The van der Waals surface area contributed by atoms with Crippen LogP contribution in [-0.2, 0) is 17.6 Å². The Morgan fingerprint density at radius 2 is 1.77 bits per heavy atom. The zero-order valence-electron chi connectivity index (χ0n) is 18.0. The summed E-state index contributed by atoms with van der Waals surface area (Å²) in [5, 5.41) is 19.5. The molecule has 0 unspecified atom stereocenters. The van der Waals surface area contributed by atoms with Crippen LogP contribution in [0.2, 0.25) is 0 Å². The maximum Gasteiger partial charge on any atom is 0.335 e. The number of hydrogen-bond donors (Lipinski definition) is 2. The summed E-state index contributed by atoms with van der Waals surface area (Å²) >= 11 is 0. The van der Waals surface area contributed by atoms with Gasteiger partial charge in [-0.2, -0.15) is 0 Å². The highest BCUT2D eigenvalue weighted by Gasteiger charge is 2.29. The number of carbonyl (C=O) groups is 2.